The topological polar surface area (TPSA) is 84.5 Å². The molecule has 0 heterocycles. The molecule has 0 aliphatic heterocycles. The van der Waals surface area contributed by atoms with E-state index in [1.807, 2.05) is 68.4 Å². The van der Waals surface area contributed by atoms with Gasteiger partial charge in [0.05, 0.1) is 18.0 Å². The monoisotopic (exact) mass is 466 g/mol. The largest absolute Gasteiger partial charge is 0.496 e. The second kappa shape index (κ2) is 11.1. The molecule has 0 bridgehead atoms. The maximum absolute atomic E-state index is 12.7. The van der Waals surface area contributed by atoms with Gasteiger partial charge >= 0.3 is 0 Å². The summed E-state index contributed by atoms with van der Waals surface area (Å²) in [5.74, 6) is 0.653. The van der Waals surface area contributed by atoms with Gasteiger partial charge in [0.2, 0.25) is 15.9 Å². The molecule has 2 N–H and O–H groups in total. The minimum absolute atomic E-state index is 0.0801. The van der Waals surface area contributed by atoms with Crippen molar-refractivity contribution in [2.45, 2.75) is 43.7 Å². The molecule has 2 atom stereocenters. The number of rotatable bonds is 10. The van der Waals surface area contributed by atoms with Gasteiger partial charge in [0.1, 0.15) is 5.75 Å². The van der Waals surface area contributed by atoms with E-state index in [0.29, 0.717) is 12.8 Å². The molecule has 0 unspecified atom stereocenters. The number of benzene rings is 3. The summed E-state index contributed by atoms with van der Waals surface area (Å²) in [6.45, 7) is 3.73. The SMILES string of the molecule is COc1ccccc1[C@H](C)NC(=O)CCc1ccc(S(=O)(=O)N[C@@H](C)c2ccccc2)cc1. The molecule has 3 rings (SSSR count). The number of carbonyl (C=O) groups is 1. The number of hydrogen-bond donors (Lipinski definition) is 2. The first kappa shape index (κ1) is 24.5. The zero-order valence-corrected chi connectivity index (χ0v) is 19.9. The number of methoxy groups -OCH3 is 1. The van der Waals surface area contributed by atoms with Crippen LogP contribution in [0.2, 0.25) is 0 Å². The van der Waals surface area contributed by atoms with Crippen LogP contribution in [0.5, 0.6) is 5.75 Å². The van der Waals surface area contributed by atoms with Crippen molar-refractivity contribution in [3.63, 3.8) is 0 Å². The number of hydrogen-bond acceptors (Lipinski definition) is 4. The normalized spacial score (nSPS) is 13.2. The van der Waals surface area contributed by atoms with Gasteiger partial charge in [0.15, 0.2) is 0 Å². The third-order valence-electron chi connectivity index (χ3n) is 5.49. The van der Waals surface area contributed by atoms with E-state index in [0.717, 1.165) is 22.4 Å². The van der Waals surface area contributed by atoms with Crippen LogP contribution < -0.4 is 14.8 Å². The summed E-state index contributed by atoms with van der Waals surface area (Å²) in [7, 11) is -2.04. The van der Waals surface area contributed by atoms with Crippen molar-refractivity contribution >= 4 is 15.9 Å². The van der Waals surface area contributed by atoms with Crippen LogP contribution >= 0.6 is 0 Å². The summed E-state index contributed by atoms with van der Waals surface area (Å²) in [6.07, 6.45) is 0.813. The molecule has 6 nitrogen and oxygen atoms in total. The summed E-state index contributed by atoms with van der Waals surface area (Å²) in [5.41, 5.74) is 2.70. The second-order valence-electron chi connectivity index (χ2n) is 7.93. The minimum atomic E-state index is -3.65. The van der Waals surface area contributed by atoms with Gasteiger partial charge in [-0.05, 0) is 49.6 Å². The zero-order chi connectivity index (χ0) is 23.8. The maximum Gasteiger partial charge on any atom is 0.241 e. The van der Waals surface area contributed by atoms with E-state index in [2.05, 4.69) is 10.0 Å². The van der Waals surface area contributed by atoms with Crippen LogP contribution in [0.4, 0.5) is 0 Å². The lowest BCUT2D eigenvalue weighted by Crippen LogP contribution is -2.27. The predicted octanol–water partition coefficient (Wildman–Crippen LogP) is 4.54. The first-order chi connectivity index (χ1) is 15.8. The van der Waals surface area contributed by atoms with E-state index in [1.165, 1.54) is 0 Å². The Morgan fingerprint density at radius 2 is 1.52 bits per heavy atom. The Kier molecular flexibility index (Phi) is 8.25. The number of amides is 1. The fourth-order valence-electron chi connectivity index (χ4n) is 3.62. The smallest absolute Gasteiger partial charge is 0.241 e. The molecule has 1 amide bonds. The molecule has 0 aromatic heterocycles. The molecule has 0 radical (unpaired) electrons. The van der Waals surface area contributed by atoms with E-state index in [9.17, 15) is 13.2 Å². The van der Waals surface area contributed by atoms with Gasteiger partial charge in [0, 0.05) is 18.0 Å². The minimum Gasteiger partial charge on any atom is -0.496 e. The van der Waals surface area contributed by atoms with Crippen molar-refractivity contribution in [3.05, 3.63) is 95.6 Å². The van der Waals surface area contributed by atoms with Crippen LogP contribution in [-0.4, -0.2) is 21.4 Å². The summed E-state index contributed by atoms with van der Waals surface area (Å²) in [4.78, 5) is 12.6. The van der Waals surface area contributed by atoms with Crippen LogP contribution in [0.15, 0.2) is 83.8 Å². The lowest BCUT2D eigenvalue weighted by Gasteiger charge is -2.17. The summed E-state index contributed by atoms with van der Waals surface area (Å²) in [5, 5.41) is 2.99. The Morgan fingerprint density at radius 1 is 0.879 bits per heavy atom. The van der Waals surface area contributed by atoms with Gasteiger partial charge in [-0.2, -0.15) is 0 Å². The first-order valence-corrected chi connectivity index (χ1v) is 12.4. The van der Waals surface area contributed by atoms with E-state index in [4.69, 9.17) is 4.74 Å². The van der Waals surface area contributed by atoms with E-state index in [-0.39, 0.29) is 22.9 Å². The van der Waals surface area contributed by atoms with Gasteiger partial charge in [-0.25, -0.2) is 13.1 Å². The highest BCUT2D eigenvalue weighted by molar-refractivity contribution is 7.89. The van der Waals surface area contributed by atoms with Crippen molar-refractivity contribution in [2.75, 3.05) is 7.11 Å². The van der Waals surface area contributed by atoms with E-state index >= 15 is 0 Å². The number of carbonyl (C=O) groups excluding carboxylic acids is 1. The van der Waals surface area contributed by atoms with Crippen molar-refractivity contribution < 1.29 is 17.9 Å². The average molecular weight is 467 g/mol. The van der Waals surface area contributed by atoms with Crippen molar-refractivity contribution in [1.82, 2.24) is 10.0 Å². The van der Waals surface area contributed by atoms with Gasteiger partial charge in [-0.15, -0.1) is 0 Å². The lowest BCUT2D eigenvalue weighted by atomic mass is 10.1. The quantitative estimate of drug-likeness (QED) is 0.459. The Bertz CT molecular complexity index is 1160. The third-order valence-corrected chi connectivity index (χ3v) is 7.05. The Balaban J connectivity index is 1.55. The molecular formula is C26H30N2O4S. The van der Waals surface area contributed by atoms with Crippen LogP contribution in [0.25, 0.3) is 0 Å². The molecular weight excluding hydrogens is 436 g/mol. The highest BCUT2D eigenvalue weighted by Crippen LogP contribution is 2.24. The summed E-state index contributed by atoms with van der Waals surface area (Å²) in [6, 6.07) is 23.1. The third kappa shape index (κ3) is 6.66. The average Bonchev–Trinajstić information content (AvgIpc) is 2.83. The molecule has 0 aliphatic carbocycles. The molecule has 0 aliphatic rings. The standard InChI is InChI=1S/C26H30N2O4S/c1-19(22-9-5-4-6-10-22)28-33(30,31)23-16-13-21(14-17-23)15-18-26(29)27-20(2)24-11-7-8-12-25(24)32-3/h4-14,16-17,19-20,28H,15,18H2,1-3H3,(H,27,29)/t19-,20-/m0/s1. The van der Waals surface area contributed by atoms with Crippen molar-refractivity contribution in [3.8, 4) is 5.75 Å². The van der Waals surface area contributed by atoms with Crippen LogP contribution in [-0.2, 0) is 21.2 Å². The van der Waals surface area contributed by atoms with Gasteiger partial charge in [-0.3, -0.25) is 4.79 Å². The molecule has 0 spiro atoms. The fraction of sp³-hybridized carbons (Fsp3) is 0.269. The molecule has 0 saturated carbocycles. The number of ether oxygens (including phenoxy) is 1. The lowest BCUT2D eigenvalue weighted by molar-refractivity contribution is -0.121. The van der Waals surface area contributed by atoms with Crippen LogP contribution in [0, 0.1) is 0 Å². The number of para-hydroxylation sites is 1. The Hall–Kier alpha value is -3.16. The highest BCUT2D eigenvalue weighted by atomic mass is 32.2. The zero-order valence-electron chi connectivity index (χ0n) is 19.1. The maximum atomic E-state index is 12.7. The molecule has 7 heteroatoms. The molecule has 0 fully saturated rings. The molecule has 3 aromatic carbocycles. The Labute approximate surface area is 196 Å². The first-order valence-electron chi connectivity index (χ1n) is 10.9. The Morgan fingerprint density at radius 3 is 2.18 bits per heavy atom. The van der Waals surface area contributed by atoms with Gasteiger partial charge < -0.3 is 10.1 Å². The summed E-state index contributed by atoms with van der Waals surface area (Å²) < 4.78 is 33.5. The number of nitrogens with one attached hydrogen (secondary N) is 2. The van der Waals surface area contributed by atoms with Crippen LogP contribution in [0.1, 0.15) is 49.0 Å². The molecule has 0 saturated heterocycles. The van der Waals surface area contributed by atoms with E-state index < -0.39 is 10.0 Å². The fourth-order valence-corrected chi connectivity index (χ4v) is 4.85. The second-order valence-corrected chi connectivity index (χ2v) is 9.64. The van der Waals surface area contributed by atoms with Gasteiger partial charge in [0.25, 0.3) is 0 Å². The predicted molar refractivity (Wildman–Crippen MR) is 129 cm³/mol. The van der Waals surface area contributed by atoms with Crippen molar-refractivity contribution in [2.24, 2.45) is 0 Å². The number of sulfonamides is 1. The van der Waals surface area contributed by atoms with Crippen LogP contribution in [0.3, 0.4) is 0 Å². The summed E-state index contributed by atoms with van der Waals surface area (Å²) >= 11 is 0. The molecule has 3 aromatic rings. The van der Waals surface area contributed by atoms with Gasteiger partial charge in [-0.1, -0.05) is 60.7 Å². The van der Waals surface area contributed by atoms with E-state index in [1.54, 1.807) is 31.4 Å². The molecule has 174 valence electrons. The highest BCUT2D eigenvalue weighted by Gasteiger charge is 2.18. The van der Waals surface area contributed by atoms with Crippen molar-refractivity contribution in [1.29, 1.82) is 0 Å². The number of aryl methyl sites for hydroxylation is 1. The molecule has 33 heavy (non-hydrogen) atoms.